The van der Waals surface area contributed by atoms with Gasteiger partial charge in [0, 0.05) is 31.9 Å². The van der Waals surface area contributed by atoms with Gasteiger partial charge in [0.2, 0.25) is 0 Å². The molecule has 0 unspecified atom stereocenters. The Balaban J connectivity index is 2.18. The molecule has 0 spiro atoms. The summed E-state index contributed by atoms with van der Waals surface area (Å²) in [6.45, 7) is 6.11. The molecule has 3 nitrogen and oxygen atoms in total. The molecule has 2 rings (SSSR count). The van der Waals surface area contributed by atoms with Crippen molar-refractivity contribution in [1.29, 1.82) is 0 Å². The molecule has 1 aliphatic rings. The summed E-state index contributed by atoms with van der Waals surface area (Å²) >= 11 is 0. The van der Waals surface area contributed by atoms with Crippen molar-refractivity contribution in [3.05, 3.63) is 23.8 Å². The number of nitrogens with one attached hydrogen (secondary N) is 1. The molecule has 76 valence electrons. The van der Waals surface area contributed by atoms with Crippen LogP contribution in [0.25, 0.3) is 0 Å². The van der Waals surface area contributed by atoms with Crippen molar-refractivity contribution in [3.63, 3.8) is 0 Å². The van der Waals surface area contributed by atoms with E-state index in [0.29, 0.717) is 5.75 Å². The first-order chi connectivity index (χ1) is 6.77. The van der Waals surface area contributed by atoms with Crippen molar-refractivity contribution >= 4 is 5.69 Å². The summed E-state index contributed by atoms with van der Waals surface area (Å²) in [6.07, 6.45) is 0. The first-order valence-corrected chi connectivity index (χ1v) is 5.02. The number of phenols is 1. The molecular formula is C11H16N2O. The first-order valence-electron chi connectivity index (χ1n) is 5.02. The summed E-state index contributed by atoms with van der Waals surface area (Å²) in [5, 5.41) is 12.7. The molecule has 0 aromatic heterocycles. The normalized spacial score (nSPS) is 17.1. The van der Waals surface area contributed by atoms with E-state index in [0.717, 1.165) is 31.7 Å². The molecule has 1 heterocycles. The Bertz CT molecular complexity index is 319. The molecule has 0 bridgehead atoms. The number of rotatable bonds is 1. The number of aromatic hydroxyl groups is 1. The van der Waals surface area contributed by atoms with Crippen LogP contribution in [0.2, 0.25) is 0 Å². The van der Waals surface area contributed by atoms with E-state index in [1.54, 1.807) is 6.07 Å². The third kappa shape index (κ3) is 1.82. The van der Waals surface area contributed by atoms with Gasteiger partial charge in [0.05, 0.1) is 0 Å². The van der Waals surface area contributed by atoms with E-state index in [1.807, 2.05) is 19.1 Å². The molecule has 1 aromatic carbocycles. The summed E-state index contributed by atoms with van der Waals surface area (Å²) < 4.78 is 0. The highest BCUT2D eigenvalue weighted by Gasteiger charge is 2.10. The second-order valence-corrected chi connectivity index (χ2v) is 3.71. The van der Waals surface area contributed by atoms with Crippen molar-refractivity contribution in [2.24, 2.45) is 0 Å². The molecule has 1 fully saturated rings. The Morgan fingerprint density at radius 1 is 1.29 bits per heavy atom. The third-order valence-corrected chi connectivity index (χ3v) is 2.66. The van der Waals surface area contributed by atoms with Gasteiger partial charge in [-0.2, -0.15) is 0 Å². The minimum Gasteiger partial charge on any atom is -0.508 e. The van der Waals surface area contributed by atoms with Crippen LogP contribution in [0.3, 0.4) is 0 Å². The van der Waals surface area contributed by atoms with Gasteiger partial charge in [-0.05, 0) is 30.7 Å². The monoisotopic (exact) mass is 192 g/mol. The zero-order valence-corrected chi connectivity index (χ0v) is 8.45. The maximum absolute atomic E-state index is 9.41. The number of phenolic OH excluding ortho intramolecular Hbond substituents is 1. The quantitative estimate of drug-likeness (QED) is 0.699. The van der Waals surface area contributed by atoms with Crippen LogP contribution in [0.5, 0.6) is 5.75 Å². The van der Waals surface area contributed by atoms with Crippen LogP contribution in [0.4, 0.5) is 5.69 Å². The number of hydrogen-bond donors (Lipinski definition) is 2. The molecule has 0 saturated carbocycles. The number of piperazine rings is 1. The van der Waals surface area contributed by atoms with Crippen molar-refractivity contribution in [2.75, 3.05) is 31.1 Å². The van der Waals surface area contributed by atoms with Crippen LogP contribution < -0.4 is 10.2 Å². The molecule has 3 heteroatoms. The smallest absolute Gasteiger partial charge is 0.118 e. The van der Waals surface area contributed by atoms with E-state index >= 15 is 0 Å². The molecule has 14 heavy (non-hydrogen) atoms. The summed E-state index contributed by atoms with van der Waals surface area (Å²) in [4.78, 5) is 2.34. The Kier molecular flexibility index (Phi) is 2.59. The topological polar surface area (TPSA) is 35.5 Å². The summed E-state index contributed by atoms with van der Waals surface area (Å²) in [6, 6.07) is 5.79. The minimum atomic E-state index is 0.379. The average Bonchev–Trinajstić information content (AvgIpc) is 2.23. The summed E-state index contributed by atoms with van der Waals surface area (Å²) in [7, 11) is 0. The number of nitrogens with zero attached hydrogens (tertiary/aromatic N) is 1. The van der Waals surface area contributed by atoms with E-state index in [4.69, 9.17) is 0 Å². The van der Waals surface area contributed by atoms with Crippen molar-refractivity contribution in [1.82, 2.24) is 5.32 Å². The van der Waals surface area contributed by atoms with Crippen molar-refractivity contribution in [2.45, 2.75) is 6.92 Å². The molecule has 0 amide bonds. The van der Waals surface area contributed by atoms with Crippen LogP contribution in [-0.2, 0) is 0 Å². The predicted molar refractivity (Wildman–Crippen MR) is 57.9 cm³/mol. The molecule has 1 aliphatic heterocycles. The Morgan fingerprint density at radius 3 is 2.64 bits per heavy atom. The van der Waals surface area contributed by atoms with E-state index < -0.39 is 0 Å². The summed E-state index contributed by atoms with van der Waals surface area (Å²) in [5.41, 5.74) is 2.16. The second-order valence-electron chi connectivity index (χ2n) is 3.71. The highest BCUT2D eigenvalue weighted by Crippen LogP contribution is 2.23. The van der Waals surface area contributed by atoms with E-state index in [2.05, 4.69) is 10.2 Å². The van der Waals surface area contributed by atoms with Gasteiger partial charge in [-0.1, -0.05) is 0 Å². The minimum absolute atomic E-state index is 0.379. The largest absolute Gasteiger partial charge is 0.508 e. The average molecular weight is 192 g/mol. The van der Waals surface area contributed by atoms with Crippen LogP contribution in [-0.4, -0.2) is 31.3 Å². The molecule has 2 N–H and O–H groups in total. The van der Waals surface area contributed by atoms with Gasteiger partial charge >= 0.3 is 0 Å². The lowest BCUT2D eigenvalue weighted by Gasteiger charge is -2.29. The van der Waals surface area contributed by atoms with Gasteiger partial charge in [0.1, 0.15) is 5.75 Å². The third-order valence-electron chi connectivity index (χ3n) is 2.66. The molecule has 0 atom stereocenters. The maximum atomic E-state index is 9.41. The van der Waals surface area contributed by atoms with Gasteiger partial charge in [-0.3, -0.25) is 0 Å². The fourth-order valence-electron chi connectivity index (χ4n) is 1.76. The highest BCUT2D eigenvalue weighted by atomic mass is 16.3. The molecule has 1 aromatic rings. The van der Waals surface area contributed by atoms with Gasteiger partial charge in [-0.25, -0.2) is 0 Å². The molecule has 0 aliphatic carbocycles. The van der Waals surface area contributed by atoms with Crippen molar-refractivity contribution in [3.8, 4) is 5.75 Å². The number of hydrogen-bond acceptors (Lipinski definition) is 3. The summed E-state index contributed by atoms with van der Waals surface area (Å²) in [5.74, 6) is 0.379. The van der Waals surface area contributed by atoms with Gasteiger partial charge < -0.3 is 15.3 Å². The van der Waals surface area contributed by atoms with Crippen molar-refractivity contribution < 1.29 is 5.11 Å². The SMILES string of the molecule is Cc1cc(N2CCNCC2)ccc1O. The van der Waals surface area contributed by atoms with E-state index in [9.17, 15) is 5.11 Å². The van der Waals surface area contributed by atoms with Gasteiger partial charge in [0.15, 0.2) is 0 Å². The number of benzene rings is 1. The number of anilines is 1. The Hall–Kier alpha value is -1.22. The van der Waals surface area contributed by atoms with Crippen LogP contribution in [0.15, 0.2) is 18.2 Å². The standard InChI is InChI=1S/C11H16N2O/c1-9-8-10(2-3-11(9)14)13-6-4-12-5-7-13/h2-3,8,12,14H,4-7H2,1H3. The lowest BCUT2D eigenvalue weighted by atomic mass is 10.2. The molecule has 0 radical (unpaired) electrons. The van der Waals surface area contributed by atoms with E-state index in [1.165, 1.54) is 5.69 Å². The van der Waals surface area contributed by atoms with Gasteiger partial charge in [0.25, 0.3) is 0 Å². The zero-order chi connectivity index (χ0) is 9.97. The lowest BCUT2D eigenvalue weighted by Crippen LogP contribution is -2.43. The predicted octanol–water partition coefficient (Wildman–Crippen LogP) is 1.11. The lowest BCUT2D eigenvalue weighted by molar-refractivity contribution is 0.471. The highest BCUT2D eigenvalue weighted by molar-refractivity contribution is 5.52. The molecular weight excluding hydrogens is 176 g/mol. The fraction of sp³-hybridized carbons (Fsp3) is 0.455. The number of aryl methyl sites for hydroxylation is 1. The fourth-order valence-corrected chi connectivity index (χ4v) is 1.76. The Labute approximate surface area is 84.4 Å². The van der Waals surface area contributed by atoms with E-state index in [-0.39, 0.29) is 0 Å². The Morgan fingerprint density at radius 2 is 2.00 bits per heavy atom. The second kappa shape index (κ2) is 3.88. The van der Waals surface area contributed by atoms with Crippen LogP contribution in [0.1, 0.15) is 5.56 Å². The first kappa shape index (κ1) is 9.34. The van der Waals surface area contributed by atoms with Gasteiger partial charge in [-0.15, -0.1) is 0 Å². The van der Waals surface area contributed by atoms with Crippen LogP contribution in [0, 0.1) is 6.92 Å². The molecule has 1 saturated heterocycles. The van der Waals surface area contributed by atoms with Crippen LogP contribution >= 0.6 is 0 Å². The zero-order valence-electron chi connectivity index (χ0n) is 8.45. The maximum Gasteiger partial charge on any atom is 0.118 e.